The molecule has 9 nitrogen and oxygen atoms in total. The topological polar surface area (TPSA) is 120 Å². The average molecular weight is 595 g/mol. The highest BCUT2D eigenvalue weighted by atomic mass is 28.4. The summed E-state index contributed by atoms with van der Waals surface area (Å²) in [5.74, 6) is -1.31. The van der Waals surface area contributed by atoms with Crippen molar-refractivity contribution in [2.75, 3.05) is 23.8 Å². The summed E-state index contributed by atoms with van der Waals surface area (Å²) < 4.78 is 22.7. The van der Waals surface area contributed by atoms with Gasteiger partial charge in [0.1, 0.15) is 0 Å². The van der Waals surface area contributed by atoms with Crippen LogP contribution in [0.3, 0.4) is 0 Å². The molecule has 3 amide bonds. The molecule has 2 saturated heterocycles. The number of carbonyl (C=O) groups excluding carboxylic acids is 3. The SMILES string of the molecule is C[C@H]1[C@H]([Si](C)(C)F)[C@@H](CC(=O)N2Cc3ccccc3C[C@H]2CO)O[C@]12C(=O)Nc1ccc(NC(=O)[C@H]3CCCN3)cc12. The monoisotopic (exact) mass is 594 g/mol. The van der Waals surface area contributed by atoms with E-state index in [2.05, 4.69) is 16.0 Å². The Balaban J connectivity index is 1.29. The molecule has 1 spiro atoms. The maximum Gasteiger partial charge on any atom is 0.261 e. The summed E-state index contributed by atoms with van der Waals surface area (Å²) in [7, 11) is -3.45. The molecular weight excluding hydrogens is 555 g/mol. The quantitative estimate of drug-likeness (QED) is 0.301. The van der Waals surface area contributed by atoms with E-state index in [1.165, 1.54) is 0 Å². The van der Waals surface area contributed by atoms with E-state index in [0.717, 1.165) is 30.5 Å². The lowest BCUT2D eigenvalue weighted by molar-refractivity contribution is -0.149. The first-order chi connectivity index (χ1) is 20.0. The Morgan fingerprint density at radius 1 is 1.21 bits per heavy atom. The highest BCUT2D eigenvalue weighted by Gasteiger charge is 2.65. The number of hydrogen-bond donors (Lipinski definition) is 4. The first-order valence-corrected chi connectivity index (χ1v) is 17.8. The smallest absolute Gasteiger partial charge is 0.261 e. The molecule has 4 aliphatic heterocycles. The molecule has 2 aromatic rings. The fourth-order valence-electron chi connectivity index (χ4n) is 7.61. The van der Waals surface area contributed by atoms with Crippen LogP contribution in [0.25, 0.3) is 0 Å². The van der Waals surface area contributed by atoms with Crippen LogP contribution in [0.2, 0.25) is 18.6 Å². The molecule has 0 saturated carbocycles. The number of aliphatic hydroxyl groups is 1. The predicted molar refractivity (Wildman–Crippen MR) is 159 cm³/mol. The fourth-order valence-corrected chi connectivity index (χ4v) is 10.1. The lowest BCUT2D eigenvalue weighted by Crippen LogP contribution is -2.48. The van der Waals surface area contributed by atoms with Crippen LogP contribution < -0.4 is 16.0 Å². The molecule has 0 bridgehead atoms. The van der Waals surface area contributed by atoms with Crippen molar-refractivity contribution in [1.29, 1.82) is 0 Å². The van der Waals surface area contributed by atoms with Gasteiger partial charge in [0.05, 0.1) is 31.2 Å². The third-order valence-electron chi connectivity index (χ3n) is 9.62. The van der Waals surface area contributed by atoms with E-state index in [1.807, 2.05) is 31.2 Å². The van der Waals surface area contributed by atoms with Crippen molar-refractivity contribution in [3.05, 3.63) is 59.2 Å². The maximum atomic E-state index is 16.1. The van der Waals surface area contributed by atoms with E-state index >= 15 is 4.11 Å². The van der Waals surface area contributed by atoms with Crippen LogP contribution >= 0.6 is 0 Å². The number of nitrogens with one attached hydrogen (secondary N) is 3. The minimum Gasteiger partial charge on any atom is -0.394 e. The molecule has 11 heteroatoms. The minimum absolute atomic E-state index is 0.0951. The number of nitrogens with zero attached hydrogens (tertiary/aromatic N) is 1. The molecule has 4 heterocycles. The molecule has 6 atom stereocenters. The van der Waals surface area contributed by atoms with Gasteiger partial charge >= 0.3 is 0 Å². The largest absolute Gasteiger partial charge is 0.394 e. The maximum absolute atomic E-state index is 16.1. The van der Waals surface area contributed by atoms with Crippen LogP contribution in [-0.4, -0.2) is 67.5 Å². The second kappa shape index (κ2) is 10.9. The summed E-state index contributed by atoms with van der Waals surface area (Å²) in [6.45, 7) is 6.00. The summed E-state index contributed by atoms with van der Waals surface area (Å²) in [6, 6.07) is 12.4. The summed E-state index contributed by atoms with van der Waals surface area (Å²) >= 11 is 0. The first-order valence-electron chi connectivity index (χ1n) is 14.9. The highest BCUT2D eigenvalue weighted by molar-refractivity contribution is 6.72. The van der Waals surface area contributed by atoms with Crippen LogP contribution in [0.5, 0.6) is 0 Å². The van der Waals surface area contributed by atoms with E-state index in [-0.39, 0.29) is 42.8 Å². The number of fused-ring (bicyclic) bond motifs is 3. The number of anilines is 2. The van der Waals surface area contributed by atoms with E-state index in [9.17, 15) is 19.5 Å². The Morgan fingerprint density at radius 3 is 2.67 bits per heavy atom. The Morgan fingerprint density at radius 2 is 1.98 bits per heavy atom. The van der Waals surface area contributed by atoms with E-state index in [1.54, 1.807) is 36.2 Å². The summed E-state index contributed by atoms with van der Waals surface area (Å²) in [5, 5.41) is 19.2. The number of carbonyl (C=O) groups is 3. The molecule has 2 aromatic carbocycles. The van der Waals surface area contributed by atoms with Gasteiger partial charge in [-0.25, -0.2) is 0 Å². The lowest BCUT2D eigenvalue weighted by Gasteiger charge is -2.37. The third kappa shape index (κ3) is 4.86. The number of amides is 3. The van der Waals surface area contributed by atoms with Crippen LogP contribution in [0.4, 0.5) is 15.5 Å². The lowest BCUT2D eigenvalue weighted by atomic mass is 9.82. The summed E-state index contributed by atoms with van der Waals surface area (Å²) in [6.07, 6.45) is 1.31. The molecule has 2 fully saturated rings. The molecular formula is C31H39FN4O5Si. The molecule has 0 unspecified atom stereocenters. The van der Waals surface area contributed by atoms with Crippen molar-refractivity contribution >= 4 is 37.5 Å². The molecule has 0 aliphatic carbocycles. The molecule has 42 heavy (non-hydrogen) atoms. The van der Waals surface area contributed by atoms with Crippen LogP contribution in [0, 0.1) is 5.92 Å². The minimum atomic E-state index is -3.45. The Hall–Kier alpha value is -3.12. The van der Waals surface area contributed by atoms with Gasteiger partial charge in [0.15, 0.2) is 5.60 Å². The van der Waals surface area contributed by atoms with Gasteiger partial charge in [-0.1, -0.05) is 31.2 Å². The average Bonchev–Trinajstić information content (AvgIpc) is 3.66. The van der Waals surface area contributed by atoms with Crippen molar-refractivity contribution in [2.45, 2.75) is 81.6 Å². The predicted octanol–water partition coefficient (Wildman–Crippen LogP) is 3.44. The molecule has 4 aliphatic rings. The number of benzene rings is 2. The molecule has 4 N–H and O–H groups in total. The van der Waals surface area contributed by atoms with Gasteiger partial charge < -0.3 is 34.8 Å². The summed E-state index contributed by atoms with van der Waals surface area (Å²) in [4.78, 5) is 42.0. The number of rotatable bonds is 6. The normalized spacial score (nSPS) is 30.3. The van der Waals surface area contributed by atoms with Crippen molar-refractivity contribution in [3.8, 4) is 0 Å². The van der Waals surface area contributed by atoms with Crippen molar-refractivity contribution in [3.63, 3.8) is 0 Å². The molecule has 224 valence electrons. The Kier molecular flexibility index (Phi) is 7.49. The van der Waals surface area contributed by atoms with Crippen LogP contribution in [0.1, 0.15) is 42.9 Å². The standard InChI is InChI=1S/C31H39FN4O5Si/c1-18-28(42(2,3)32)26(15-27(38)36-16-20-8-5-4-7-19(20)13-22(36)17-37)41-31(18)23-14-21(10-11-24(23)35-30(31)40)34-29(39)25-9-6-12-33-25/h4-5,7-8,10-11,14,18,22,25-26,28,33,37H,6,9,12-13,15-17H2,1-3H3,(H,34,39)(H,35,40)/t18-,22-,25+,26+,28-,31+/m0/s1. The van der Waals surface area contributed by atoms with Crippen LogP contribution in [-0.2, 0) is 37.7 Å². The number of hydrogen-bond acceptors (Lipinski definition) is 6. The Labute approximate surface area is 246 Å². The number of aliphatic hydroxyl groups excluding tert-OH is 1. The zero-order valence-corrected chi connectivity index (χ0v) is 25.3. The van der Waals surface area contributed by atoms with Gasteiger partial charge in [0.2, 0.25) is 20.2 Å². The van der Waals surface area contributed by atoms with Crippen molar-refractivity contribution < 1.29 is 28.3 Å². The van der Waals surface area contributed by atoms with E-state index < -0.39 is 31.6 Å². The van der Waals surface area contributed by atoms with Gasteiger partial charge in [0, 0.05) is 34.9 Å². The van der Waals surface area contributed by atoms with Gasteiger partial charge in [-0.2, -0.15) is 0 Å². The van der Waals surface area contributed by atoms with Crippen molar-refractivity contribution in [2.24, 2.45) is 5.92 Å². The fraction of sp³-hybridized carbons (Fsp3) is 0.516. The van der Waals surface area contributed by atoms with E-state index in [0.29, 0.717) is 29.9 Å². The number of halogens is 1. The second-order valence-electron chi connectivity index (χ2n) is 12.7. The van der Waals surface area contributed by atoms with E-state index in [4.69, 9.17) is 4.74 Å². The van der Waals surface area contributed by atoms with Crippen LogP contribution in [0.15, 0.2) is 42.5 Å². The van der Waals surface area contributed by atoms with Gasteiger partial charge in [-0.3, -0.25) is 14.4 Å². The number of ether oxygens (including phenoxy) is 1. The Bertz CT molecular complexity index is 1410. The first kappa shape index (κ1) is 29.0. The van der Waals surface area contributed by atoms with Crippen molar-refractivity contribution in [1.82, 2.24) is 10.2 Å². The van der Waals surface area contributed by atoms with Gasteiger partial charge in [-0.05, 0) is 68.2 Å². The zero-order chi connectivity index (χ0) is 29.8. The van der Waals surface area contributed by atoms with Gasteiger partial charge in [-0.15, -0.1) is 0 Å². The second-order valence-corrected chi connectivity index (χ2v) is 16.5. The molecule has 0 radical (unpaired) electrons. The zero-order valence-electron chi connectivity index (χ0n) is 24.3. The third-order valence-corrected chi connectivity index (χ3v) is 12.1. The highest BCUT2D eigenvalue weighted by Crippen LogP contribution is 2.59. The summed E-state index contributed by atoms with van der Waals surface area (Å²) in [5.41, 5.74) is 1.64. The molecule has 0 aromatic heterocycles. The molecule has 6 rings (SSSR count). The van der Waals surface area contributed by atoms with Gasteiger partial charge in [0.25, 0.3) is 5.91 Å².